The molecule has 0 aliphatic carbocycles. The van der Waals surface area contributed by atoms with Crippen LogP contribution in [0.3, 0.4) is 0 Å². The van der Waals surface area contributed by atoms with Gasteiger partial charge in [0, 0.05) is 18.1 Å². The fourth-order valence-electron chi connectivity index (χ4n) is 3.98. The Kier molecular flexibility index (Phi) is 4.98. The number of hydrogen-bond donors (Lipinski definition) is 1. The molecule has 4 heteroatoms. The third-order valence-corrected chi connectivity index (χ3v) is 5.68. The van der Waals surface area contributed by atoms with Gasteiger partial charge in [-0.3, -0.25) is 0 Å². The number of anilines is 1. The quantitative estimate of drug-likeness (QED) is 0.847. The maximum absolute atomic E-state index is 6.47. The predicted octanol–water partition coefficient (Wildman–Crippen LogP) is 4.88. The maximum Gasteiger partial charge on any atom is 0.0825 e. The molecule has 2 unspecified atom stereocenters. The maximum atomic E-state index is 6.47. The fraction of sp³-hybridized carbons (Fsp3) is 0.647. The van der Waals surface area contributed by atoms with Crippen LogP contribution in [0.25, 0.3) is 0 Å². The second-order valence-electron chi connectivity index (χ2n) is 6.34. The lowest BCUT2D eigenvalue weighted by atomic mass is 9.81. The van der Waals surface area contributed by atoms with Crippen molar-refractivity contribution in [1.82, 2.24) is 5.32 Å². The highest BCUT2D eigenvalue weighted by Gasteiger charge is 2.38. The Labute approximate surface area is 137 Å². The normalized spacial score (nSPS) is 28.7. The van der Waals surface area contributed by atoms with Crippen molar-refractivity contribution in [1.29, 1.82) is 0 Å². The summed E-state index contributed by atoms with van der Waals surface area (Å²) in [5.41, 5.74) is 1.13. The van der Waals surface area contributed by atoms with Crippen LogP contribution >= 0.6 is 23.2 Å². The molecular weight excluding hydrogens is 303 g/mol. The van der Waals surface area contributed by atoms with Crippen LogP contribution in [0, 0.1) is 0 Å². The Morgan fingerprint density at radius 3 is 2.57 bits per heavy atom. The summed E-state index contributed by atoms with van der Waals surface area (Å²) in [6.07, 6.45) is 7.52. The van der Waals surface area contributed by atoms with Crippen molar-refractivity contribution in [2.45, 2.75) is 63.6 Å². The fourth-order valence-corrected chi connectivity index (χ4v) is 4.37. The van der Waals surface area contributed by atoms with Gasteiger partial charge in [-0.15, -0.1) is 0 Å². The minimum absolute atomic E-state index is 0.600. The Hall–Kier alpha value is -0.440. The second kappa shape index (κ2) is 6.76. The lowest BCUT2D eigenvalue weighted by Crippen LogP contribution is -2.56. The highest BCUT2D eigenvalue weighted by molar-refractivity contribution is 6.43. The molecule has 2 saturated heterocycles. The van der Waals surface area contributed by atoms with Crippen molar-refractivity contribution in [2.24, 2.45) is 0 Å². The van der Waals surface area contributed by atoms with E-state index in [4.69, 9.17) is 23.2 Å². The van der Waals surface area contributed by atoms with Gasteiger partial charge >= 0.3 is 0 Å². The summed E-state index contributed by atoms with van der Waals surface area (Å²) < 4.78 is 0. The molecule has 2 heterocycles. The zero-order valence-corrected chi connectivity index (χ0v) is 14.1. The molecule has 0 spiro atoms. The van der Waals surface area contributed by atoms with Crippen LogP contribution < -0.4 is 10.2 Å². The SMILES string of the molecule is CCCNC1CC2CCCC(C1)N2c1cccc(Cl)c1Cl. The summed E-state index contributed by atoms with van der Waals surface area (Å²) in [5, 5.41) is 5.10. The zero-order valence-electron chi connectivity index (χ0n) is 12.6. The molecule has 2 aliphatic heterocycles. The van der Waals surface area contributed by atoms with Gasteiger partial charge in [0.15, 0.2) is 0 Å². The number of nitrogens with zero attached hydrogens (tertiary/aromatic N) is 1. The standard InChI is InChI=1S/C17H24Cl2N2/c1-2-9-20-12-10-13-5-3-6-14(11-12)21(13)16-8-4-7-15(18)17(16)19/h4,7-8,12-14,20H,2-3,5-6,9-11H2,1H3. The van der Waals surface area contributed by atoms with Crippen LogP contribution in [0.2, 0.25) is 10.0 Å². The minimum Gasteiger partial charge on any atom is -0.364 e. The van der Waals surface area contributed by atoms with Gasteiger partial charge in [-0.05, 0) is 57.2 Å². The second-order valence-corrected chi connectivity index (χ2v) is 7.13. The molecule has 116 valence electrons. The van der Waals surface area contributed by atoms with Crippen LogP contribution in [0.1, 0.15) is 45.4 Å². The number of benzene rings is 1. The van der Waals surface area contributed by atoms with Gasteiger partial charge < -0.3 is 10.2 Å². The van der Waals surface area contributed by atoms with E-state index in [1.807, 2.05) is 12.1 Å². The highest BCUT2D eigenvalue weighted by Crippen LogP contribution is 2.42. The molecule has 0 amide bonds. The number of piperidine rings is 2. The average molecular weight is 327 g/mol. The minimum atomic E-state index is 0.600. The predicted molar refractivity (Wildman–Crippen MR) is 91.7 cm³/mol. The number of hydrogen-bond acceptors (Lipinski definition) is 2. The van der Waals surface area contributed by atoms with E-state index in [1.165, 1.54) is 38.5 Å². The third-order valence-electron chi connectivity index (χ3n) is 4.87. The number of rotatable bonds is 4. The molecule has 2 fully saturated rings. The largest absolute Gasteiger partial charge is 0.364 e. The van der Waals surface area contributed by atoms with Crippen LogP contribution in [-0.4, -0.2) is 24.7 Å². The summed E-state index contributed by atoms with van der Waals surface area (Å²) in [5.74, 6) is 0. The van der Waals surface area contributed by atoms with Crippen molar-refractivity contribution in [3.05, 3.63) is 28.2 Å². The number of fused-ring (bicyclic) bond motifs is 2. The first-order chi connectivity index (χ1) is 10.2. The van der Waals surface area contributed by atoms with Gasteiger partial charge in [0.25, 0.3) is 0 Å². The van der Waals surface area contributed by atoms with Crippen molar-refractivity contribution >= 4 is 28.9 Å². The van der Waals surface area contributed by atoms with E-state index in [9.17, 15) is 0 Å². The summed E-state index contributed by atoms with van der Waals surface area (Å²) >= 11 is 12.7. The van der Waals surface area contributed by atoms with Crippen LogP contribution in [0.4, 0.5) is 5.69 Å². The molecule has 2 nitrogen and oxygen atoms in total. The van der Waals surface area contributed by atoms with Gasteiger partial charge in [0.2, 0.25) is 0 Å². The molecule has 2 atom stereocenters. The lowest BCUT2D eigenvalue weighted by molar-refractivity contribution is 0.246. The van der Waals surface area contributed by atoms with Gasteiger partial charge in [-0.1, -0.05) is 36.2 Å². The molecule has 0 saturated carbocycles. The van der Waals surface area contributed by atoms with E-state index in [0.29, 0.717) is 23.1 Å². The molecule has 2 aliphatic rings. The smallest absolute Gasteiger partial charge is 0.0825 e. The van der Waals surface area contributed by atoms with Crippen LogP contribution in [-0.2, 0) is 0 Å². The Morgan fingerprint density at radius 2 is 1.90 bits per heavy atom. The first-order valence-corrected chi connectivity index (χ1v) is 8.92. The van der Waals surface area contributed by atoms with Crippen LogP contribution in [0.5, 0.6) is 0 Å². The van der Waals surface area contributed by atoms with Crippen LogP contribution in [0.15, 0.2) is 18.2 Å². The first-order valence-electron chi connectivity index (χ1n) is 8.16. The van der Waals surface area contributed by atoms with Crippen molar-refractivity contribution in [2.75, 3.05) is 11.4 Å². The van der Waals surface area contributed by atoms with Gasteiger partial charge in [0.05, 0.1) is 15.7 Å². The summed E-state index contributed by atoms with van der Waals surface area (Å²) in [7, 11) is 0. The Balaban J connectivity index is 1.82. The number of nitrogens with one attached hydrogen (secondary N) is 1. The molecule has 1 aromatic rings. The summed E-state index contributed by atoms with van der Waals surface area (Å²) in [6, 6.07) is 7.87. The Morgan fingerprint density at radius 1 is 1.19 bits per heavy atom. The molecule has 1 N–H and O–H groups in total. The Bertz CT molecular complexity index is 478. The van der Waals surface area contributed by atoms with E-state index in [1.54, 1.807) is 0 Å². The molecule has 0 radical (unpaired) electrons. The van der Waals surface area contributed by atoms with E-state index in [0.717, 1.165) is 17.3 Å². The van der Waals surface area contributed by atoms with Gasteiger partial charge in [-0.2, -0.15) is 0 Å². The molecule has 3 rings (SSSR count). The van der Waals surface area contributed by atoms with Gasteiger partial charge in [-0.25, -0.2) is 0 Å². The monoisotopic (exact) mass is 326 g/mol. The van der Waals surface area contributed by atoms with E-state index < -0.39 is 0 Å². The molecule has 1 aromatic carbocycles. The number of halogens is 2. The first kappa shape index (κ1) is 15.5. The highest BCUT2D eigenvalue weighted by atomic mass is 35.5. The lowest BCUT2D eigenvalue weighted by Gasteiger charge is -2.50. The van der Waals surface area contributed by atoms with Crippen molar-refractivity contribution < 1.29 is 0 Å². The topological polar surface area (TPSA) is 15.3 Å². The van der Waals surface area contributed by atoms with E-state index >= 15 is 0 Å². The third kappa shape index (κ3) is 3.18. The van der Waals surface area contributed by atoms with Gasteiger partial charge in [0.1, 0.15) is 0 Å². The molecule has 2 bridgehead atoms. The summed E-state index contributed by atoms with van der Waals surface area (Å²) in [6.45, 7) is 3.36. The van der Waals surface area contributed by atoms with Crippen molar-refractivity contribution in [3.8, 4) is 0 Å². The van der Waals surface area contributed by atoms with E-state index in [2.05, 4.69) is 23.2 Å². The average Bonchev–Trinajstić information content (AvgIpc) is 2.47. The molecular formula is C17H24Cl2N2. The zero-order chi connectivity index (χ0) is 14.8. The molecule has 0 aromatic heterocycles. The molecule has 21 heavy (non-hydrogen) atoms. The van der Waals surface area contributed by atoms with Crippen molar-refractivity contribution in [3.63, 3.8) is 0 Å². The summed E-state index contributed by atoms with van der Waals surface area (Å²) in [4.78, 5) is 2.56. The van der Waals surface area contributed by atoms with E-state index in [-0.39, 0.29) is 0 Å².